The van der Waals surface area contributed by atoms with Crippen LogP contribution < -0.4 is 9.47 Å². The average molecular weight is 773 g/mol. The van der Waals surface area contributed by atoms with Crippen LogP contribution in [0, 0.1) is 0 Å². The smallest absolute Gasteiger partial charge is 0.335 e. The van der Waals surface area contributed by atoms with Gasteiger partial charge in [0.1, 0.15) is 22.4 Å². The van der Waals surface area contributed by atoms with Crippen molar-refractivity contribution in [3.05, 3.63) is 86.2 Å². The molecule has 0 aromatic heterocycles. The first-order valence-corrected chi connectivity index (χ1v) is 18.8. The predicted octanol–water partition coefficient (Wildman–Crippen LogP) is 6.57. The molecule has 3 fully saturated rings. The fraction of sp³-hybridized carbons (Fsp3) is 0.378. The summed E-state index contributed by atoms with van der Waals surface area (Å²) in [5.41, 5.74) is 3.43. The van der Waals surface area contributed by atoms with Crippen LogP contribution in [0.4, 0.5) is 0 Å². The molecule has 3 aromatic rings. The highest BCUT2D eigenvalue weighted by atomic mass is 35.5. The fourth-order valence-electron chi connectivity index (χ4n) is 6.01. The number of ether oxygens (including phenoxy) is 4. The Morgan fingerprint density at radius 3 is 2.31 bits per heavy atom. The van der Waals surface area contributed by atoms with E-state index in [1.165, 1.54) is 11.8 Å². The Labute approximate surface area is 317 Å². The van der Waals surface area contributed by atoms with Gasteiger partial charge in [0.15, 0.2) is 0 Å². The normalized spacial score (nSPS) is 18.1. The van der Waals surface area contributed by atoms with E-state index < -0.39 is 5.97 Å². The van der Waals surface area contributed by atoms with E-state index >= 15 is 0 Å². The number of nitrogens with zero attached hydrogens (tertiary/aromatic N) is 3. The van der Waals surface area contributed by atoms with Gasteiger partial charge in [-0.15, -0.1) is 0 Å². The van der Waals surface area contributed by atoms with Gasteiger partial charge in [-0.3, -0.25) is 19.5 Å². The van der Waals surface area contributed by atoms with Crippen molar-refractivity contribution in [2.24, 2.45) is 0 Å². The number of aromatic carboxylic acids is 1. The maximum absolute atomic E-state index is 13.7. The number of halogens is 2. The molecule has 0 unspecified atom stereocenters. The number of thioether (sulfide) groups is 1. The number of carbonyl (C=O) groups excluding carboxylic acids is 1. The molecule has 0 bridgehead atoms. The summed E-state index contributed by atoms with van der Waals surface area (Å²) in [5, 5.41) is 10.6. The SMILES string of the molecule is O=C(O)c1ccc(OCCCN2C(=O)/C(=C/c3cc(-c4ccc(Cl)cc4Cl)ccc3OCCN3CCOCC3)SC2=S)c(CN2CCOCC2)c1. The summed E-state index contributed by atoms with van der Waals surface area (Å²) >= 11 is 19.6. The lowest BCUT2D eigenvalue weighted by atomic mass is 10.0. The highest BCUT2D eigenvalue weighted by molar-refractivity contribution is 8.26. The van der Waals surface area contributed by atoms with Crippen molar-refractivity contribution >= 4 is 69.5 Å². The summed E-state index contributed by atoms with van der Waals surface area (Å²) in [6.45, 7) is 8.46. The van der Waals surface area contributed by atoms with Crippen molar-refractivity contribution in [1.82, 2.24) is 14.7 Å². The molecule has 1 N–H and O–H groups in total. The Kier molecular flexibility index (Phi) is 13.3. The second-order valence-electron chi connectivity index (χ2n) is 12.2. The number of carboxylic acid groups (broad SMARTS) is 1. The molecule has 3 aliphatic rings. The van der Waals surface area contributed by atoms with Gasteiger partial charge < -0.3 is 24.1 Å². The van der Waals surface area contributed by atoms with Gasteiger partial charge in [0.2, 0.25) is 0 Å². The molecule has 270 valence electrons. The van der Waals surface area contributed by atoms with Gasteiger partial charge in [-0.05, 0) is 60.5 Å². The fourth-order valence-corrected chi connectivity index (χ4v) is 7.83. The van der Waals surface area contributed by atoms with Crippen LogP contribution in [0.15, 0.2) is 59.5 Å². The van der Waals surface area contributed by atoms with Crippen LogP contribution in [-0.2, 0) is 20.8 Å². The number of amides is 1. The molecule has 14 heteroatoms. The third-order valence-corrected chi connectivity index (χ3v) is 10.7. The standard InChI is InChI=1S/C37H39Cl2N3O7S2/c38-29-4-5-30(31(39)23-29)25-2-6-32(49-19-13-40-9-15-46-16-10-40)27(20-25)22-34-35(43)42(37(50)51-34)8-1-14-48-33-7-3-26(36(44)45)21-28(33)24-41-11-17-47-18-12-41/h2-7,20-23H,1,8-19,24H2,(H,44,45)/b34-22-. The maximum Gasteiger partial charge on any atom is 0.335 e. The van der Waals surface area contributed by atoms with Crippen LogP contribution in [0.25, 0.3) is 17.2 Å². The minimum absolute atomic E-state index is 0.182. The topological polar surface area (TPSA) is 101 Å². The molecule has 1 amide bonds. The van der Waals surface area contributed by atoms with E-state index in [2.05, 4.69) is 9.80 Å². The molecule has 51 heavy (non-hydrogen) atoms. The first-order valence-electron chi connectivity index (χ1n) is 16.8. The van der Waals surface area contributed by atoms with Crippen LogP contribution in [0.1, 0.15) is 27.9 Å². The monoisotopic (exact) mass is 771 g/mol. The molecule has 3 aliphatic heterocycles. The second kappa shape index (κ2) is 18.0. The second-order valence-corrected chi connectivity index (χ2v) is 14.8. The lowest BCUT2D eigenvalue weighted by Gasteiger charge is -2.27. The minimum atomic E-state index is -0.987. The molecule has 0 saturated carbocycles. The van der Waals surface area contributed by atoms with Gasteiger partial charge in [0.25, 0.3) is 5.91 Å². The minimum Gasteiger partial charge on any atom is -0.493 e. The molecule has 3 saturated heterocycles. The molecule has 3 aromatic carbocycles. The van der Waals surface area contributed by atoms with Gasteiger partial charge in [0, 0.05) is 72.5 Å². The molecule has 10 nitrogen and oxygen atoms in total. The zero-order chi connectivity index (χ0) is 35.7. The number of benzene rings is 3. The molecule has 0 atom stereocenters. The van der Waals surface area contributed by atoms with E-state index in [0.717, 1.165) is 55.0 Å². The van der Waals surface area contributed by atoms with Crippen LogP contribution in [0.2, 0.25) is 10.0 Å². The summed E-state index contributed by atoms with van der Waals surface area (Å²) in [6, 6.07) is 16.1. The Morgan fingerprint density at radius 2 is 1.59 bits per heavy atom. The molecule has 6 rings (SSSR count). The number of hydrogen-bond donors (Lipinski definition) is 1. The number of carboxylic acids is 1. The summed E-state index contributed by atoms with van der Waals surface area (Å²) in [7, 11) is 0. The highest BCUT2D eigenvalue weighted by Gasteiger charge is 2.32. The molecular weight excluding hydrogens is 733 g/mol. The zero-order valence-electron chi connectivity index (χ0n) is 28.0. The van der Waals surface area contributed by atoms with E-state index in [1.54, 1.807) is 35.2 Å². The van der Waals surface area contributed by atoms with Crippen molar-refractivity contribution in [2.75, 3.05) is 78.9 Å². The van der Waals surface area contributed by atoms with Crippen LogP contribution in [-0.4, -0.2) is 115 Å². The Morgan fingerprint density at radius 1 is 0.882 bits per heavy atom. The van der Waals surface area contributed by atoms with E-state index in [1.807, 2.05) is 30.3 Å². The summed E-state index contributed by atoms with van der Waals surface area (Å²) in [4.78, 5) is 31.9. The largest absolute Gasteiger partial charge is 0.493 e. The quantitative estimate of drug-likeness (QED) is 0.109. The third kappa shape index (κ3) is 10.0. The highest BCUT2D eigenvalue weighted by Crippen LogP contribution is 2.37. The lowest BCUT2D eigenvalue weighted by molar-refractivity contribution is -0.122. The van der Waals surface area contributed by atoms with E-state index in [4.69, 9.17) is 54.4 Å². The van der Waals surface area contributed by atoms with E-state index in [-0.39, 0.29) is 11.5 Å². The van der Waals surface area contributed by atoms with Gasteiger partial charge in [-0.25, -0.2) is 4.79 Å². The Hall–Kier alpha value is -3.20. The molecule has 3 heterocycles. The first-order chi connectivity index (χ1) is 24.7. The number of thiocarbonyl (C=S) groups is 1. The average Bonchev–Trinajstić information content (AvgIpc) is 3.39. The van der Waals surface area contributed by atoms with Crippen molar-refractivity contribution in [1.29, 1.82) is 0 Å². The van der Waals surface area contributed by atoms with Crippen molar-refractivity contribution in [3.63, 3.8) is 0 Å². The lowest BCUT2D eigenvalue weighted by Crippen LogP contribution is -2.38. The molecular formula is C37H39Cl2N3O7S2. The van der Waals surface area contributed by atoms with Crippen LogP contribution in [0.5, 0.6) is 11.5 Å². The third-order valence-electron chi connectivity index (χ3n) is 8.77. The molecule has 0 spiro atoms. The maximum atomic E-state index is 13.7. The van der Waals surface area contributed by atoms with Gasteiger partial charge in [0.05, 0.1) is 43.5 Å². The van der Waals surface area contributed by atoms with Gasteiger partial charge >= 0.3 is 5.97 Å². The van der Waals surface area contributed by atoms with Crippen LogP contribution in [0.3, 0.4) is 0 Å². The predicted molar refractivity (Wildman–Crippen MR) is 204 cm³/mol. The van der Waals surface area contributed by atoms with Gasteiger partial charge in [-0.1, -0.05) is 59.3 Å². The number of rotatable bonds is 14. The molecule has 0 radical (unpaired) electrons. The molecule has 0 aliphatic carbocycles. The first kappa shape index (κ1) is 37.6. The van der Waals surface area contributed by atoms with E-state index in [9.17, 15) is 14.7 Å². The summed E-state index contributed by atoms with van der Waals surface area (Å²) < 4.78 is 23.8. The summed E-state index contributed by atoms with van der Waals surface area (Å²) in [6.07, 6.45) is 2.35. The van der Waals surface area contributed by atoms with Crippen molar-refractivity contribution in [3.8, 4) is 22.6 Å². The van der Waals surface area contributed by atoms with Crippen LogP contribution >= 0.6 is 47.2 Å². The van der Waals surface area contributed by atoms with Crippen molar-refractivity contribution in [2.45, 2.75) is 13.0 Å². The number of morpholine rings is 2. The van der Waals surface area contributed by atoms with Crippen molar-refractivity contribution < 1.29 is 33.6 Å². The number of carbonyl (C=O) groups is 2. The van der Waals surface area contributed by atoms with E-state index in [0.29, 0.717) is 89.9 Å². The van der Waals surface area contributed by atoms with Gasteiger partial charge in [-0.2, -0.15) is 0 Å². The Bertz CT molecular complexity index is 1780. The number of hydrogen-bond acceptors (Lipinski definition) is 10. The Balaban J connectivity index is 1.13. The zero-order valence-corrected chi connectivity index (χ0v) is 31.1. The summed E-state index contributed by atoms with van der Waals surface area (Å²) in [5.74, 6) is 0.105.